The van der Waals surface area contributed by atoms with Crippen LogP contribution < -0.4 is 40.0 Å². The van der Waals surface area contributed by atoms with Gasteiger partial charge in [0.25, 0.3) is 5.91 Å². The average molecular weight is 460 g/mol. The van der Waals surface area contributed by atoms with Crippen LogP contribution in [0.2, 0.25) is 0 Å². The van der Waals surface area contributed by atoms with Gasteiger partial charge in [0.1, 0.15) is 11.8 Å². The molecule has 32 heavy (non-hydrogen) atoms. The zero-order valence-corrected chi connectivity index (χ0v) is 19.9. The first-order valence-electron chi connectivity index (χ1n) is 9.69. The summed E-state index contributed by atoms with van der Waals surface area (Å²) in [6, 6.07) is 8.01. The molecule has 1 unspecified atom stereocenters. The van der Waals surface area contributed by atoms with E-state index in [-0.39, 0.29) is 46.9 Å². The molecule has 3 amide bonds. The van der Waals surface area contributed by atoms with Crippen molar-refractivity contribution in [1.82, 2.24) is 14.8 Å². The number of nitrogens with one attached hydrogen (secondary N) is 1. The number of anilines is 1. The van der Waals surface area contributed by atoms with E-state index in [1.807, 2.05) is 0 Å². The Morgan fingerprint density at radius 3 is 2.50 bits per heavy atom. The maximum Gasteiger partial charge on any atom is 1.00 e. The first kappa shape index (κ1) is 22.7. The van der Waals surface area contributed by atoms with Gasteiger partial charge in [-0.25, -0.2) is 4.79 Å². The number of amides is 3. The van der Waals surface area contributed by atoms with Crippen LogP contribution in [-0.2, 0) is 9.59 Å². The molecule has 0 saturated carbocycles. The van der Waals surface area contributed by atoms with Crippen molar-refractivity contribution in [2.75, 3.05) is 11.9 Å². The van der Waals surface area contributed by atoms with Gasteiger partial charge in [-0.3, -0.25) is 9.78 Å². The van der Waals surface area contributed by atoms with Gasteiger partial charge in [0.05, 0.1) is 17.7 Å². The van der Waals surface area contributed by atoms with Crippen molar-refractivity contribution in [3.8, 4) is 5.75 Å². The second-order valence-electron chi connectivity index (χ2n) is 7.49. The van der Waals surface area contributed by atoms with E-state index < -0.39 is 30.0 Å². The Morgan fingerprint density at radius 1 is 1.16 bits per heavy atom. The van der Waals surface area contributed by atoms with E-state index >= 15 is 0 Å². The van der Waals surface area contributed by atoms with Crippen LogP contribution in [0.3, 0.4) is 0 Å². The molecule has 3 aliphatic rings. The molecule has 11 heteroatoms. The van der Waals surface area contributed by atoms with E-state index in [0.717, 1.165) is 4.90 Å². The van der Waals surface area contributed by atoms with Crippen LogP contribution in [0.4, 0.5) is 10.5 Å². The van der Waals surface area contributed by atoms with Crippen LogP contribution in [0.25, 0.3) is 0 Å². The largest absolute Gasteiger partial charge is 1.00 e. The molecule has 9 nitrogen and oxygen atoms in total. The summed E-state index contributed by atoms with van der Waals surface area (Å²) < 4.78 is 0. The van der Waals surface area contributed by atoms with Crippen LogP contribution in [-0.4, -0.2) is 56.4 Å². The van der Waals surface area contributed by atoms with Gasteiger partial charge >= 0.3 is 35.6 Å². The molecule has 2 saturated heterocycles. The second kappa shape index (κ2) is 8.78. The molecular weight excluding hydrogens is 443 g/mol. The Labute approximate surface area is 209 Å². The molecule has 158 valence electrons. The van der Waals surface area contributed by atoms with E-state index in [1.54, 1.807) is 36.7 Å². The van der Waals surface area contributed by atoms with E-state index in [1.165, 1.54) is 33.7 Å². The van der Waals surface area contributed by atoms with Crippen LogP contribution in [0, 0.1) is 5.92 Å². The number of β-lactam (4-membered cyclic amide) rings is 1. The zero-order valence-electron chi connectivity index (χ0n) is 17.1. The zero-order chi connectivity index (χ0) is 21.7. The molecule has 0 spiro atoms. The van der Waals surface area contributed by atoms with Gasteiger partial charge in [-0.15, -0.1) is 0 Å². The van der Waals surface area contributed by atoms with Crippen LogP contribution in [0.1, 0.15) is 6.42 Å². The van der Waals surface area contributed by atoms with Crippen LogP contribution in [0.5, 0.6) is 5.75 Å². The fourth-order valence-electron chi connectivity index (χ4n) is 4.46. The van der Waals surface area contributed by atoms with Crippen LogP contribution >= 0.6 is 11.8 Å². The summed E-state index contributed by atoms with van der Waals surface area (Å²) in [4.78, 5) is 45.8. The number of carboxylic acid groups (broad SMARTS) is 1. The molecule has 1 aromatic carbocycles. The number of likely N-dealkylation sites (tertiary alicyclic amines) is 1. The number of benzene rings is 1. The number of aromatic hydroxyl groups is 1. The number of urea groups is 1. The summed E-state index contributed by atoms with van der Waals surface area (Å²) in [5.41, 5.74) is 0.390. The number of hydrogen-bond acceptors (Lipinski definition) is 7. The average Bonchev–Trinajstić information content (AvgIpc) is 3.08. The summed E-state index contributed by atoms with van der Waals surface area (Å²) in [6.07, 6.45) is 3.77. The molecular formula is C21H17N4NaO5S. The number of phenols is 1. The van der Waals surface area contributed by atoms with Gasteiger partial charge in [0.15, 0.2) is 0 Å². The molecule has 1 aromatic heterocycles. The molecule has 0 radical (unpaired) electrons. The number of carbonyl (C=O) groups excluding carboxylic acids is 3. The number of rotatable bonds is 4. The minimum atomic E-state index is -1.39. The van der Waals surface area contributed by atoms with Crippen molar-refractivity contribution in [3.05, 3.63) is 59.4 Å². The Hall–Kier alpha value is -2.53. The van der Waals surface area contributed by atoms with Crippen molar-refractivity contribution in [3.63, 3.8) is 0 Å². The third-order valence-electron chi connectivity index (χ3n) is 5.80. The fraction of sp³-hybridized carbons (Fsp3) is 0.238. The van der Waals surface area contributed by atoms with Gasteiger partial charge in [-0.2, -0.15) is 0 Å². The van der Waals surface area contributed by atoms with E-state index in [4.69, 9.17) is 0 Å². The quantitative estimate of drug-likeness (QED) is 0.307. The number of thioether (sulfide) groups is 1. The normalized spacial score (nSPS) is 23.2. The van der Waals surface area contributed by atoms with Gasteiger partial charge in [0, 0.05) is 40.3 Å². The standard InChI is InChI=1S/C21H18N4O5S.Na/c26-12-3-1-11(2-4-12)23-21(30)24-10-7-14-15-16(24)19(27)25(15)17(20(28)29)18(14)31-13-5-8-22-9-6-13;/h1-6,8-9,14-16,26H,7,10H2,(H,23,30)(H,28,29);/q;+1/p-1/t14?,15-,16+;/m1./s1. The Morgan fingerprint density at radius 2 is 1.84 bits per heavy atom. The number of phenolic OH excluding ortho intramolecular Hbond substituents is 1. The maximum atomic E-state index is 12.9. The summed E-state index contributed by atoms with van der Waals surface area (Å²) >= 11 is 1.30. The number of piperidine rings is 1. The summed E-state index contributed by atoms with van der Waals surface area (Å²) in [7, 11) is 0. The predicted octanol–water partition coefficient (Wildman–Crippen LogP) is -2.01. The van der Waals surface area contributed by atoms with Crippen LogP contribution in [0.15, 0.2) is 64.3 Å². The maximum absolute atomic E-state index is 12.9. The Kier molecular flexibility index (Phi) is 6.22. The van der Waals surface area contributed by atoms with E-state index in [2.05, 4.69) is 10.3 Å². The van der Waals surface area contributed by atoms with E-state index in [9.17, 15) is 24.6 Å². The molecule has 0 aliphatic carbocycles. The molecule has 2 N–H and O–H groups in total. The summed E-state index contributed by atoms with van der Waals surface area (Å²) in [6.45, 7) is 0.316. The Bertz CT molecular complexity index is 1110. The van der Waals surface area contributed by atoms with E-state index in [0.29, 0.717) is 23.6 Å². The number of pyridine rings is 1. The second-order valence-corrected chi connectivity index (χ2v) is 8.61. The predicted molar refractivity (Wildman–Crippen MR) is 108 cm³/mol. The SMILES string of the molecule is O=C([O-])C1=C(Sc2ccncc2)C2CCN(C(=O)Nc3ccc(O)cc3)[C@@H]3C(=O)N1[C@H]23.[Na+]. The molecule has 4 heterocycles. The minimum absolute atomic E-state index is 0. The van der Waals surface area contributed by atoms with Gasteiger partial charge in [-0.1, -0.05) is 11.8 Å². The number of carbonyl (C=O) groups is 3. The molecule has 3 aliphatic heterocycles. The number of aliphatic carboxylic acids is 1. The number of nitrogens with zero attached hydrogens (tertiary/aromatic N) is 3. The number of aromatic nitrogens is 1. The van der Waals surface area contributed by atoms with Crippen molar-refractivity contribution >= 4 is 35.4 Å². The number of hydrogen-bond donors (Lipinski definition) is 2. The molecule has 5 rings (SSSR count). The third kappa shape index (κ3) is 3.66. The summed E-state index contributed by atoms with van der Waals surface area (Å²) in [5.74, 6) is -1.90. The minimum Gasteiger partial charge on any atom is -0.543 e. The monoisotopic (exact) mass is 460 g/mol. The molecule has 2 fully saturated rings. The van der Waals surface area contributed by atoms with Gasteiger partial charge in [-0.05, 0) is 42.8 Å². The smallest absolute Gasteiger partial charge is 0.543 e. The van der Waals surface area contributed by atoms with Gasteiger partial charge < -0.3 is 30.1 Å². The summed E-state index contributed by atoms with van der Waals surface area (Å²) in [5, 5.41) is 24.0. The molecule has 3 atom stereocenters. The van der Waals surface area contributed by atoms with Crippen molar-refractivity contribution in [2.24, 2.45) is 5.92 Å². The van der Waals surface area contributed by atoms with Gasteiger partial charge in [0.2, 0.25) is 0 Å². The Balaban J connectivity index is 0.00000245. The van der Waals surface area contributed by atoms with Crippen molar-refractivity contribution in [1.29, 1.82) is 0 Å². The first-order chi connectivity index (χ1) is 15.0. The third-order valence-corrected chi connectivity index (χ3v) is 7.03. The number of carboxylic acids is 1. The first-order valence-corrected chi connectivity index (χ1v) is 10.5. The molecule has 0 bridgehead atoms. The van der Waals surface area contributed by atoms with Crippen molar-refractivity contribution < 1.29 is 54.2 Å². The fourth-order valence-corrected chi connectivity index (χ4v) is 5.66. The molecule has 2 aromatic rings. The topological polar surface area (TPSA) is 126 Å². The van der Waals surface area contributed by atoms with Crippen molar-refractivity contribution in [2.45, 2.75) is 23.4 Å².